The molecule has 0 aromatic carbocycles. The first kappa shape index (κ1) is 7.54. The minimum Gasteiger partial charge on any atom is -0.502 e. The Hall–Kier alpha value is -0.460. The van der Waals surface area contributed by atoms with Gasteiger partial charge < -0.3 is 4.74 Å². The lowest BCUT2D eigenvalue weighted by Crippen LogP contribution is -1.82. The van der Waals surface area contributed by atoms with E-state index in [-0.39, 0.29) is 0 Å². The van der Waals surface area contributed by atoms with Gasteiger partial charge in [0.15, 0.2) is 0 Å². The summed E-state index contributed by atoms with van der Waals surface area (Å²) in [4.78, 5) is 0. The maximum atomic E-state index is 4.83. The molecule has 0 aromatic heterocycles. The van der Waals surface area contributed by atoms with E-state index in [0.29, 0.717) is 0 Å². The second-order valence-electron chi connectivity index (χ2n) is 1.70. The van der Waals surface area contributed by atoms with Crippen LogP contribution in [0.3, 0.4) is 0 Å². The summed E-state index contributed by atoms with van der Waals surface area (Å²) < 4.78 is 4.83. The smallest absolute Gasteiger partial charge is 0.0883 e. The van der Waals surface area contributed by atoms with E-state index in [1.807, 2.05) is 0 Å². The molecular formula is C7H13O. The number of allylic oxidation sites excluding steroid dienone is 1. The second-order valence-corrected chi connectivity index (χ2v) is 1.70. The molecule has 0 heterocycles. The predicted octanol–water partition coefficient (Wildman–Crippen LogP) is 2.15. The lowest BCUT2D eigenvalue weighted by atomic mass is 10.2. The molecule has 0 aliphatic heterocycles. The highest BCUT2D eigenvalue weighted by Crippen LogP contribution is 2.03. The van der Waals surface area contributed by atoms with E-state index in [4.69, 9.17) is 4.74 Å². The number of rotatable bonds is 4. The molecule has 0 fully saturated rings. The van der Waals surface area contributed by atoms with E-state index < -0.39 is 0 Å². The van der Waals surface area contributed by atoms with Gasteiger partial charge >= 0.3 is 0 Å². The number of hydrogen-bond donors (Lipinski definition) is 0. The van der Waals surface area contributed by atoms with Crippen molar-refractivity contribution >= 4 is 0 Å². The summed E-state index contributed by atoms with van der Waals surface area (Å²) in [6.45, 7) is 7.36. The van der Waals surface area contributed by atoms with Crippen molar-refractivity contribution in [2.24, 2.45) is 0 Å². The number of unbranched alkanes of at least 4 members (excludes halogenated alkanes) is 1. The number of methoxy groups -OCH3 is 1. The van der Waals surface area contributed by atoms with E-state index in [0.717, 1.165) is 25.0 Å². The topological polar surface area (TPSA) is 9.23 Å². The van der Waals surface area contributed by atoms with Crippen LogP contribution in [0.5, 0.6) is 0 Å². The standard InChI is InChI=1S/C7H13O/c1-4-5-6-7(2)8-3/h1-2,4-6H2,3H3. The number of ether oxygens (including phenoxy) is 1. The Balaban J connectivity index is 2.99. The van der Waals surface area contributed by atoms with Gasteiger partial charge in [-0.2, -0.15) is 0 Å². The van der Waals surface area contributed by atoms with Gasteiger partial charge in [0.2, 0.25) is 0 Å². The molecule has 0 aliphatic carbocycles. The Labute approximate surface area is 51.4 Å². The minimum absolute atomic E-state index is 0.855. The largest absolute Gasteiger partial charge is 0.502 e. The molecule has 0 N–H and O–H groups in total. The van der Waals surface area contributed by atoms with Crippen molar-refractivity contribution in [2.45, 2.75) is 19.3 Å². The summed E-state index contributed by atoms with van der Waals surface area (Å²) in [7, 11) is 1.64. The molecule has 8 heavy (non-hydrogen) atoms. The fourth-order valence-corrected chi connectivity index (χ4v) is 0.424. The van der Waals surface area contributed by atoms with E-state index in [1.54, 1.807) is 7.11 Å². The predicted molar refractivity (Wildman–Crippen MR) is 35.4 cm³/mol. The highest BCUT2D eigenvalue weighted by molar-refractivity contribution is 4.80. The third-order valence-corrected chi connectivity index (χ3v) is 0.994. The average molecular weight is 113 g/mol. The first-order chi connectivity index (χ1) is 3.81. The second kappa shape index (κ2) is 4.69. The summed E-state index contributed by atoms with van der Waals surface area (Å²) in [5, 5.41) is 0. The van der Waals surface area contributed by atoms with Gasteiger partial charge in [0.05, 0.1) is 12.9 Å². The zero-order chi connectivity index (χ0) is 6.41. The fourth-order valence-electron chi connectivity index (χ4n) is 0.424. The molecule has 0 rings (SSSR count). The van der Waals surface area contributed by atoms with Gasteiger partial charge in [-0.1, -0.05) is 19.9 Å². The molecule has 0 aliphatic rings. The third kappa shape index (κ3) is 3.72. The Morgan fingerprint density at radius 1 is 1.62 bits per heavy atom. The Bertz CT molecular complexity index is 66.8. The molecule has 0 saturated heterocycles. The molecule has 0 aromatic rings. The van der Waals surface area contributed by atoms with Crippen molar-refractivity contribution in [1.82, 2.24) is 0 Å². The van der Waals surface area contributed by atoms with Crippen LogP contribution >= 0.6 is 0 Å². The Kier molecular flexibility index (Phi) is 4.42. The molecule has 0 saturated carbocycles. The molecule has 1 heteroatoms. The molecule has 1 radical (unpaired) electrons. The zero-order valence-electron chi connectivity index (χ0n) is 5.44. The van der Waals surface area contributed by atoms with E-state index in [1.165, 1.54) is 0 Å². The molecular weight excluding hydrogens is 100 g/mol. The summed E-state index contributed by atoms with van der Waals surface area (Å²) in [6, 6.07) is 0. The van der Waals surface area contributed by atoms with E-state index in [9.17, 15) is 0 Å². The van der Waals surface area contributed by atoms with Crippen molar-refractivity contribution in [2.75, 3.05) is 7.11 Å². The van der Waals surface area contributed by atoms with Crippen molar-refractivity contribution in [3.63, 3.8) is 0 Å². The van der Waals surface area contributed by atoms with Crippen LogP contribution < -0.4 is 0 Å². The third-order valence-electron chi connectivity index (χ3n) is 0.994. The maximum Gasteiger partial charge on any atom is 0.0883 e. The van der Waals surface area contributed by atoms with Crippen molar-refractivity contribution in [3.8, 4) is 0 Å². The van der Waals surface area contributed by atoms with Gasteiger partial charge in [0.25, 0.3) is 0 Å². The highest BCUT2D eigenvalue weighted by atomic mass is 16.5. The first-order valence-electron chi connectivity index (χ1n) is 2.82. The van der Waals surface area contributed by atoms with Crippen LogP contribution in [-0.2, 0) is 4.74 Å². The fraction of sp³-hybridized carbons (Fsp3) is 0.571. The van der Waals surface area contributed by atoms with Crippen LogP contribution in [0.1, 0.15) is 19.3 Å². The minimum atomic E-state index is 0.855. The van der Waals surface area contributed by atoms with Crippen LogP contribution in [0.4, 0.5) is 0 Å². The summed E-state index contributed by atoms with van der Waals surface area (Å²) in [5.74, 6) is 0.855. The van der Waals surface area contributed by atoms with Gasteiger partial charge in [-0.05, 0) is 6.42 Å². The molecule has 0 unspecified atom stereocenters. The number of hydrogen-bond acceptors (Lipinski definition) is 1. The van der Waals surface area contributed by atoms with Crippen LogP contribution in [0.25, 0.3) is 0 Å². The Morgan fingerprint density at radius 2 is 2.25 bits per heavy atom. The van der Waals surface area contributed by atoms with E-state index in [2.05, 4.69) is 13.5 Å². The van der Waals surface area contributed by atoms with Crippen molar-refractivity contribution in [3.05, 3.63) is 19.3 Å². The van der Waals surface area contributed by atoms with Crippen LogP contribution in [-0.4, -0.2) is 7.11 Å². The molecule has 0 atom stereocenters. The van der Waals surface area contributed by atoms with Gasteiger partial charge in [0, 0.05) is 6.42 Å². The van der Waals surface area contributed by atoms with Gasteiger partial charge in [-0.3, -0.25) is 0 Å². The monoisotopic (exact) mass is 113 g/mol. The summed E-state index contributed by atoms with van der Waals surface area (Å²) >= 11 is 0. The normalized spacial score (nSPS) is 8.75. The zero-order valence-corrected chi connectivity index (χ0v) is 5.44. The lowest BCUT2D eigenvalue weighted by molar-refractivity contribution is 0.277. The first-order valence-corrected chi connectivity index (χ1v) is 2.82. The van der Waals surface area contributed by atoms with Gasteiger partial charge in [-0.25, -0.2) is 0 Å². The molecule has 0 amide bonds. The van der Waals surface area contributed by atoms with Crippen molar-refractivity contribution in [1.29, 1.82) is 0 Å². The van der Waals surface area contributed by atoms with Gasteiger partial charge in [-0.15, -0.1) is 0 Å². The molecule has 47 valence electrons. The van der Waals surface area contributed by atoms with Crippen molar-refractivity contribution < 1.29 is 4.74 Å². The lowest BCUT2D eigenvalue weighted by Gasteiger charge is -1.99. The molecule has 1 nitrogen and oxygen atoms in total. The quantitative estimate of drug-likeness (QED) is 0.507. The van der Waals surface area contributed by atoms with E-state index >= 15 is 0 Å². The van der Waals surface area contributed by atoms with Crippen LogP contribution in [0.2, 0.25) is 0 Å². The highest BCUT2D eigenvalue weighted by Gasteiger charge is 1.87. The molecule has 0 bridgehead atoms. The average Bonchev–Trinajstić information content (AvgIpc) is 1.83. The van der Waals surface area contributed by atoms with Crippen LogP contribution in [0.15, 0.2) is 12.3 Å². The maximum absolute atomic E-state index is 4.83. The summed E-state index contributed by atoms with van der Waals surface area (Å²) in [6.07, 6.45) is 2.98. The Morgan fingerprint density at radius 3 is 2.62 bits per heavy atom. The van der Waals surface area contributed by atoms with Gasteiger partial charge in [0.1, 0.15) is 0 Å². The summed E-state index contributed by atoms with van der Waals surface area (Å²) in [5.41, 5.74) is 0. The molecule has 0 spiro atoms. The SMILES string of the molecule is [CH2]CCCC(=C)OC. The van der Waals surface area contributed by atoms with Crippen LogP contribution in [0, 0.1) is 6.92 Å².